The molecule has 2 aliphatic rings. The van der Waals surface area contributed by atoms with Gasteiger partial charge in [0.15, 0.2) is 0 Å². The molecule has 0 bridgehead atoms. The summed E-state index contributed by atoms with van der Waals surface area (Å²) in [4.78, 5) is 16.8. The van der Waals surface area contributed by atoms with E-state index in [-0.39, 0.29) is 0 Å². The zero-order valence-electron chi connectivity index (χ0n) is 14.5. The highest BCUT2D eigenvalue weighted by atomic mass is 35.5. The van der Waals surface area contributed by atoms with Crippen molar-refractivity contribution in [3.63, 3.8) is 0 Å². The van der Waals surface area contributed by atoms with Crippen LogP contribution < -0.4 is 4.74 Å². The molecular formula is C19H27ClN2O2. The van der Waals surface area contributed by atoms with Gasteiger partial charge in [0, 0.05) is 39.1 Å². The molecule has 1 heterocycles. The van der Waals surface area contributed by atoms with Crippen molar-refractivity contribution in [2.24, 2.45) is 5.92 Å². The Morgan fingerprint density at radius 3 is 2.75 bits per heavy atom. The van der Waals surface area contributed by atoms with Gasteiger partial charge in [-0.1, -0.05) is 24.1 Å². The van der Waals surface area contributed by atoms with Crippen LogP contribution in [0.15, 0.2) is 18.2 Å². The third-order valence-corrected chi connectivity index (χ3v) is 5.38. The molecule has 132 valence electrons. The van der Waals surface area contributed by atoms with Crippen molar-refractivity contribution in [3.8, 4) is 5.75 Å². The molecule has 0 radical (unpaired) electrons. The van der Waals surface area contributed by atoms with Crippen LogP contribution in [-0.4, -0.2) is 48.5 Å². The van der Waals surface area contributed by atoms with Gasteiger partial charge in [0.05, 0.1) is 11.6 Å². The second-order valence-electron chi connectivity index (χ2n) is 6.86. The van der Waals surface area contributed by atoms with Gasteiger partial charge in [-0.15, -0.1) is 0 Å². The zero-order valence-corrected chi connectivity index (χ0v) is 15.2. The summed E-state index contributed by atoms with van der Waals surface area (Å²) in [7, 11) is 0. The number of hydrogen-bond acceptors (Lipinski definition) is 3. The van der Waals surface area contributed by atoms with Gasteiger partial charge in [0.1, 0.15) is 5.75 Å². The number of hydrogen-bond donors (Lipinski definition) is 0. The van der Waals surface area contributed by atoms with Crippen molar-refractivity contribution in [1.29, 1.82) is 0 Å². The fourth-order valence-corrected chi connectivity index (χ4v) is 3.68. The number of carbonyl (C=O) groups is 1. The Morgan fingerprint density at radius 1 is 1.25 bits per heavy atom. The lowest BCUT2D eigenvalue weighted by Crippen LogP contribution is -2.38. The van der Waals surface area contributed by atoms with Crippen LogP contribution in [0.3, 0.4) is 0 Å². The molecule has 1 aliphatic heterocycles. The van der Waals surface area contributed by atoms with Gasteiger partial charge in [-0.2, -0.15) is 0 Å². The van der Waals surface area contributed by atoms with E-state index in [9.17, 15) is 4.79 Å². The average molecular weight is 351 g/mol. The molecule has 0 N–H and O–H groups in total. The van der Waals surface area contributed by atoms with Gasteiger partial charge < -0.3 is 9.64 Å². The average Bonchev–Trinajstić information content (AvgIpc) is 2.69. The molecule has 1 aromatic rings. The summed E-state index contributed by atoms with van der Waals surface area (Å²) in [6, 6.07) is 5.98. The second kappa shape index (κ2) is 8.21. The smallest absolute Gasteiger partial charge is 0.223 e. The molecule has 5 heteroatoms. The molecular weight excluding hydrogens is 324 g/mol. The predicted molar refractivity (Wildman–Crippen MR) is 96.4 cm³/mol. The molecule has 1 saturated carbocycles. The number of carbonyl (C=O) groups excluding carboxylic acids is 1. The Bertz CT molecular complexity index is 574. The number of benzene rings is 1. The lowest BCUT2D eigenvalue weighted by atomic mass is 9.85. The quantitative estimate of drug-likeness (QED) is 0.786. The van der Waals surface area contributed by atoms with E-state index in [4.69, 9.17) is 16.3 Å². The van der Waals surface area contributed by atoms with Crippen molar-refractivity contribution >= 4 is 17.5 Å². The number of ether oxygens (including phenoxy) is 1. The number of amides is 1. The Balaban J connectivity index is 1.55. The minimum absolute atomic E-state index is 0.314. The minimum Gasteiger partial charge on any atom is -0.492 e. The first kappa shape index (κ1) is 17.6. The van der Waals surface area contributed by atoms with E-state index in [0.717, 1.165) is 44.4 Å². The Morgan fingerprint density at radius 2 is 2.08 bits per heavy atom. The van der Waals surface area contributed by atoms with Crippen LogP contribution in [0.1, 0.15) is 38.2 Å². The third kappa shape index (κ3) is 4.42. The normalized spacial score (nSPS) is 19.9. The number of rotatable bonds is 6. The topological polar surface area (TPSA) is 32.8 Å². The van der Waals surface area contributed by atoms with Crippen molar-refractivity contribution in [3.05, 3.63) is 28.8 Å². The van der Waals surface area contributed by atoms with E-state index in [1.807, 2.05) is 19.1 Å². The van der Waals surface area contributed by atoms with Crippen LogP contribution in [0.5, 0.6) is 5.75 Å². The van der Waals surface area contributed by atoms with Crippen LogP contribution in [0, 0.1) is 5.92 Å². The summed E-state index contributed by atoms with van der Waals surface area (Å²) in [6.07, 6.45) is 4.53. The Labute approximate surface area is 149 Å². The molecule has 1 aliphatic carbocycles. The zero-order chi connectivity index (χ0) is 16.9. The summed E-state index contributed by atoms with van der Waals surface area (Å²) in [5, 5.41) is 0.659. The lowest BCUT2D eigenvalue weighted by molar-refractivity contribution is -0.131. The summed E-state index contributed by atoms with van der Waals surface area (Å²) in [5.41, 5.74) is 1.17. The maximum Gasteiger partial charge on any atom is 0.223 e. The molecule has 0 spiro atoms. The van der Waals surface area contributed by atoms with Crippen LogP contribution >= 0.6 is 11.6 Å². The van der Waals surface area contributed by atoms with Crippen LogP contribution in [-0.2, 0) is 11.3 Å². The Kier molecular flexibility index (Phi) is 6.01. The van der Waals surface area contributed by atoms with Gasteiger partial charge in [-0.3, -0.25) is 9.69 Å². The number of nitrogens with zero attached hydrogens (tertiary/aromatic N) is 2. The molecule has 2 fully saturated rings. The maximum absolute atomic E-state index is 12.3. The van der Waals surface area contributed by atoms with E-state index < -0.39 is 0 Å². The van der Waals surface area contributed by atoms with Crippen molar-refractivity contribution < 1.29 is 9.53 Å². The monoisotopic (exact) mass is 350 g/mol. The summed E-state index contributed by atoms with van der Waals surface area (Å²) in [6.45, 7) is 6.96. The molecule has 3 rings (SSSR count). The summed E-state index contributed by atoms with van der Waals surface area (Å²) in [5.74, 6) is 1.79. The van der Waals surface area contributed by atoms with E-state index in [0.29, 0.717) is 24.0 Å². The fraction of sp³-hybridized carbons (Fsp3) is 0.632. The highest BCUT2D eigenvalue weighted by Gasteiger charge is 2.26. The lowest BCUT2D eigenvalue weighted by Gasteiger charge is -2.31. The van der Waals surface area contributed by atoms with E-state index in [2.05, 4.69) is 15.9 Å². The third-order valence-electron chi connectivity index (χ3n) is 5.09. The van der Waals surface area contributed by atoms with E-state index in [1.165, 1.54) is 24.8 Å². The molecule has 1 amide bonds. The van der Waals surface area contributed by atoms with Gasteiger partial charge in [-0.05, 0) is 43.4 Å². The molecule has 0 atom stereocenters. The van der Waals surface area contributed by atoms with Crippen molar-refractivity contribution in [2.75, 3.05) is 32.8 Å². The second-order valence-corrected chi connectivity index (χ2v) is 7.27. The molecule has 1 saturated heterocycles. The van der Waals surface area contributed by atoms with Gasteiger partial charge in [-0.25, -0.2) is 0 Å². The van der Waals surface area contributed by atoms with Gasteiger partial charge in [0.2, 0.25) is 5.91 Å². The van der Waals surface area contributed by atoms with Crippen LogP contribution in [0.4, 0.5) is 0 Å². The van der Waals surface area contributed by atoms with Crippen LogP contribution in [0.2, 0.25) is 5.02 Å². The minimum atomic E-state index is 0.314. The maximum atomic E-state index is 12.3. The highest BCUT2D eigenvalue weighted by molar-refractivity contribution is 6.32. The summed E-state index contributed by atoms with van der Waals surface area (Å²) >= 11 is 6.28. The predicted octanol–water partition coefficient (Wildman–Crippen LogP) is 3.57. The first-order chi connectivity index (χ1) is 11.7. The van der Waals surface area contributed by atoms with E-state index in [1.54, 1.807) is 0 Å². The van der Waals surface area contributed by atoms with Gasteiger partial charge in [0.25, 0.3) is 0 Å². The van der Waals surface area contributed by atoms with Crippen molar-refractivity contribution in [1.82, 2.24) is 9.80 Å². The molecule has 24 heavy (non-hydrogen) atoms. The number of halogens is 1. The highest BCUT2D eigenvalue weighted by Crippen LogP contribution is 2.28. The largest absolute Gasteiger partial charge is 0.492 e. The van der Waals surface area contributed by atoms with Crippen molar-refractivity contribution in [2.45, 2.75) is 39.2 Å². The fourth-order valence-electron chi connectivity index (χ4n) is 3.42. The Hall–Kier alpha value is -1.26. The molecule has 4 nitrogen and oxygen atoms in total. The molecule has 0 unspecified atom stereocenters. The summed E-state index contributed by atoms with van der Waals surface area (Å²) < 4.78 is 5.49. The van der Waals surface area contributed by atoms with Gasteiger partial charge >= 0.3 is 0 Å². The molecule has 0 aromatic heterocycles. The molecule has 1 aromatic carbocycles. The SMILES string of the molecule is CCOc1ccc(CN2CCC(=O)N(CC3CCC3)CC2)cc1Cl. The first-order valence-corrected chi connectivity index (χ1v) is 9.45. The van der Waals surface area contributed by atoms with Crippen LogP contribution in [0.25, 0.3) is 0 Å². The first-order valence-electron chi connectivity index (χ1n) is 9.07. The van der Waals surface area contributed by atoms with E-state index >= 15 is 0 Å². The standard InChI is InChI=1S/C19H27ClN2O2/c1-2-24-18-7-6-16(12-17(18)20)13-21-9-8-19(23)22(11-10-21)14-15-4-3-5-15/h6-7,12,15H,2-5,8-11,13-14H2,1H3.